The summed E-state index contributed by atoms with van der Waals surface area (Å²) in [6, 6.07) is 1.37. The van der Waals surface area contributed by atoms with Crippen LogP contribution in [0.4, 0.5) is 0 Å². The lowest BCUT2D eigenvalue weighted by Crippen LogP contribution is -1.94. The van der Waals surface area contributed by atoms with Crippen molar-refractivity contribution >= 4 is 27.5 Å². The molecule has 11 heavy (non-hydrogen) atoms. The first-order valence-corrected chi connectivity index (χ1v) is 5.04. The third-order valence-corrected chi connectivity index (χ3v) is 3.00. The van der Waals surface area contributed by atoms with Crippen molar-refractivity contribution in [1.29, 1.82) is 0 Å². The molecule has 0 unspecified atom stereocenters. The van der Waals surface area contributed by atoms with Gasteiger partial charge in [0.05, 0.1) is 0 Å². The summed E-state index contributed by atoms with van der Waals surface area (Å²) in [5, 5.41) is 1.37. The first-order chi connectivity index (χ1) is 5.04. The molecule has 0 aliphatic heterocycles. The van der Waals surface area contributed by atoms with Crippen molar-refractivity contribution in [2.24, 2.45) is 0 Å². The van der Waals surface area contributed by atoms with E-state index in [0.717, 1.165) is 4.88 Å². The average molecular weight is 190 g/mol. The summed E-state index contributed by atoms with van der Waals surface area (Å²) < 4.78 is 29.5. The molecule has 0 saturated carbocycles. The highest BCUT2D eigenvalue weighted by Crippen LogP contribution is 2.19. The minimum Gasteiger partial charge on any atom is -0.282 e. The van der Waals surface area contributed by atoms with Crippen molar-refractivity contribution in [2.45, 2.75) is 4.90 Å². The molecule has 60 valence electrons. The Bertz CT molecular complexity index is 361. The van der Waals surface area contributed by atoms with E-state index < -0.39 is 10.1 Å². The topological polar surface area (TPSA) is 54.4 Å². The van der Waals surface area contributed by atoms with E-state index in [1.165, 1.54) is 28.9 Å². The molecule has 0 fully saturated rings. The van der Waals surface area contributed by atoms with Crippen LogP contribution in [0.5, 0.6) is 0 Å². The van der Waals surface area contributed by atoms with Crippen LogP contribution in [0.3, 0.4) is 0 Å². The molecule has 0 aliphatic carbocycles. The van der Waals surface area contributed by atoms with Gasteiger partial charge in [-0.1, -0.05) is 12.7 Å². The maximum Gasteiger partial charge on any atom is 0.295 e. The average Bonchev–Trinajstić information content (AvgIpc) is 2.32. The Morgan fingerprint density at radius 1 is 1.64 bits per heavy atom. The van der Waals surface area contributed by atoms with Gasteiger partial charge in [-0.2, -0.15) is 8.42 Å². The molecule has 0 aliphatic rings. The van der Waals surface area contributed by atoms with E-state index in [0.29, 0.717) is 0 Å². The van der Waals surface area contributed by atoms with E-state index in [4.69, 9.17) is 4.55 Å². The summed E-state index contributed by atoms with van der Waals surface area (Å²) in [6.07, 6.45) is 1.53. The van der Waals surface area contributed by atoms with Gasteiger partial charge < -0.3 is 0 Å². The van der Waals surface area contributed by atoms with E-state index in [1.807, 2.05) is 0 Å². The van der Waals surface area contributed by atoms with Gasteiger partial charge >= 0.3 is 0 Å². The SMILES string of the molecule is C=Cc1cc(S(=O)(=O)O)cs1. The maximum absolute atomic E-state index is 10.5. The summed E-state index contributed by atoms with van der Waals surface area (Å²) in [6.45, 7) is 3.46. The molecule has 0 spiro atoms. The summed E-state index contributed by atoms with van der Waals surface area (Å²) >= 11 is 1.22. The van der Waals surface area contributed by atoms with Crippen LogP contribution < -0.4 is 0 Å². The molecule has 1 rings (SSSR count). The Kier molecular flexibility index (Phi) is 2.12. The molecular formula is C6H6O3S2. The standard InChI is InChI=1S/C6H6O3S2/c1-2-5-3-6(4-10-5)11(7,8)9/h2-4H,1H2,(H,7,8,9). The molecular weight excluding hydrogens is 184 g/mol. The number of rotatable bonds is 2. The molecule has 3 nitrogen and oxygen atoms in total. The summed E-state index contributed by atoms with van der Waals surface area (Å²) in [5.74, 6) is 0. The fraction of sp³-hybridized carbons (Fsp3) is 0. The van der Waals surface area contributed by atoms with E-state index in [2.05, 4.69) is 6.58 Å². The lowest BCUT2D eigenvalue weighted by atomic mass is 10.5. The Hall–Kier alpha value is -0.650. The molecule has 1 aromatic heterocycles. The molecule has 0 amide bonds. The van der Waals surface area contributed by atoms with Crippen LogP contribution in [0.15, 0.2) is 22.9 Å². The van der Waals surface area contributed by atoms with E-state index >= 15 is 0 Å². The van der Waals surface area contributed by atoms with Crippen LogP contribution in [0.1, 0.15) is 4.88 Å². The maximum atomic E-state index is 10.5. The van der Waals surface area contributed by atoms with Crippen molar-refractivity contribution in [3.05, 3.63) is 22.9 Å². The predicted molar refractivity (Wildman–Crippen MR) is 44.2 cm³/mol. The summed E-state index contributed by atoms with van der Waals surface area (Å²) in [4.78, 5) is 0.648. The number of hydrogen-bond donors (Lipinski definition) is 1. The largest absolute Gasteiger partial charge is 0.295 e. The predicted octanol–water partition coefficient (Wildman–Crippen LogP) is 1.64. The number of thiophene rings is 1. The molecule has 1 aromatic rings. The van der Waals surface area contributed by atoms with Crippen molar-refractivity contribution in [3.8, 4) is 0 Å². The van der Waals surface area contributed by atoms with Crippen LogP contribution in [-0.2, 0) is 10.1 Å². The van der Waals surface area contributed by atoms with Crippen molar-refractivity contribution in [2.75, 3.05) is 0 Å². The van der Waals surface area contributed by atoms with Crippen LogP contribution in [-0.4, -0.2) is 13.0 Å². The Labute approximate surface area is 68.7 Å². The van der Waals surface area contributed by atoms with Gasteiger partial charge in [0.15, 0.2) is 0 Å². The second kappa shape index (κ2) is 2.77. The summed E-state index contributed by atoms with van der Waals surface area (Å²) in [5.41, 5.74) is 0. The Balaban J connectivity index is 3.18. The van der Waals surface area contributed by atoms with Crippen molar-refractivity contribution < 1.29 is 13.0 Å². The highest BCUT2D eigenvalue weighted by Gasteiger charge is 2.10. The Morgan fingerprint density at radius 2 is 2.27 bits per heavy atom. The van der Waals surface area contributed by atoms with E-state index in [9.17, 15) is 8.42 Å². The molecule has 0 aromatic carbocycles. The van der Waals surface area contributed by atoms with E-state index in [-0.39, 0.29) is 4.90 Å². The van der Waals surface area contributed by atoms with Gasteiger partial charge in [-0.15, -0.1) is 11.3 Å². The molecule has 0 bridgehead atoms. The van der Waals surface area contributed by atoms with Gasteiger partial charge in [0.25, 0.3) is 10.1 Å². The zero-order valence-corrected chi connectivity index (χ0v) is 7.15. The van der Waals surface area contributed by atoms with Crippen molar-refractivity contribution in [3.63, 3.8) is 0 Å². The zero-order chi connectivity index (χ0) is 8.48. The molecule has 0 atom stereocenters. The number of hydrogen-bond acceptors (Lipinski definition) is 3. The fourth-order valence-electron chi connectivity index (χ4n) is 0.577. The third kappa shape index (κ3) is 1.89. The molecule has 5 heteroatoms. The second-order valence-corrected chi connectivity index (χ2v) is 4.23. The van der Waals surface area contributed by atoms with Gasteiger partial charge in [-0.05, 0) is 6.07 Å². The fourth-order valence-corrected chi connectivity index (χ4v) is 2.17. The smallest absolute Gasteiger partial charge is 0.282 e. The monoisotopic (exact) mass is 190 g/mol. The molecule has 0 radical (unpaired) electrons. The minimum absolute atomic E-state index is 0.0719. The van der Waals surface area contributed by atoms with Gasteiger partial charge in [-0.3, -0.25) is 4.55 Å². The minimum atomic E-state index is -4.03. The molecule has 1 heterocycles. The Morgan fingerprint density at radius 3 is 2.55 bits per heavy atom. The van der Waals surface area contributed by atoms with Crippen LogP contribution in [0.25, 0.3) is 6.08 Å². The van der Waals surface area contributed by atoms with Crippen molar-refractivity contribution in [1.82, 2.24) is 0 Å². The quantitative estimate of drug-likeness (QED) is 0.721. The van der Waals surface area contributed by atoms with Crippen LogP contribution >= 0.6 is 11.3 Å². The summed E-state index contributed by atoms with van der Waals surface area (Å²) in [7, 11) is -4.03. The first-order valence-electron chi connectivity index (χ1n) is 2.72. The van der Waals surface area contributed by atoms with Gasteiger partial charge in [0, 0.05) is 10.3 Å². The van der Waals surface area contributed by atoms with Gasteiger partial charge in [0.2, 0.25) is 0 Å². The van der Waals surface area contributed by atoms with Gasteiger partial charge in [0.1, 0.15) is 4.90 Å². The zero-order valence-electron chi connectivity index (χ0n) is 5.52. The van der Waals surface area contributed by atoms with Crippen LogP contribution in [0.2, 0.25) is 0 Å². The lowest BCUT2D eigenvalue weighted by molar-refractivity contribution is 0.483. The van der Waals surface area contributed by atoms with Crippen LogP contribution in [0, 0.1) is 0 Å². The highest BCUT2D eigenvalue weighted by atomic mass is 32.2. The second-order valence-electron chi connectivity index (χ2n) is 1.86. The molecule has 1 N–H and O–H groups in total. The van der Waals surface area contributed by atoms with E-state index in [1.54, 1.807) is 0 Å². The lowest BCUT2D eigenvalue weighted by Gasteiger charge is -1.86. The first kappa shape index (κ1) is 8.45. The third-order valence-electron chi connectivity index (χ3n) is 1.09. The van der Waals surface area contributed by atoms with Gasteiger partial charge in [-0.25, -0.2) is 0 Å². The highest BCUT2D eigenvalue weighted by molar-refractivity contribution is 7.86. The normalized spacial score (nSPS) is 11.4. The molecule has 0 saturated heterocycles.